The molecule has 0 aliphatic carbocycles. The SMILES string of the molecule is Cn1cnc(-c2ccc(C3=CCN(C(=O)CN4CC[C@]5(CCN(c6ccc(N)c(C(=N)c7ccncc7F)c6)C5=O)C4)CC3)cc2)n1. The predicted molar refractivity (Wildman–Crippen MR) is 177 cm³/mol. The molecule has 3 aliphatic heterocycles. The molecule has 7 rings (SSSR count). The van der Waals surface area contributed by atoms with E-state index in [1.165, 1.54) is 17.8 Å². The number of carbonyl (C=O) groups excluding carboxylic acids is 2. The van der Waals surface area contributed by atoms with E-state index in [0.717, 1.165) is 23.7 Å². The molecule has 2 fully saturated rings. The van der Waals surface area contributed by atoms with E-state index in [4.69, 9.17) is 11.1 Å². The topological polar surface area (TPSA) is 137 Å². The molecule has 0 bridgehead atoms. The molecule has 3 N–H and O–H groups in total. The van der Waals surface area contributed by atoms with Crippen LogP contribution in [0.1, 0.15) is 36.0 Å². The van der Waals surface area contributed by atoms with Gasteiger partial charge in [-0.15, -0.1) is 0 Å². The lowest BCUT2D eigenvalue weighted by molar-refractivity contribution is -0.132. The molecule has 2 amide bonds. The van der Waals surface area contributed by atoms with Crippen molar-refractivity contribution in [2.45, 2.75) is 19.3 Å². The van der Waals surface area contributed by atoms with Crippen LogP contribution in [-0.2, 0) is 16.6 Å². The van der Waals surface area contributed by atoms with Crippen molar-refractivity contribution in [1.29, 1.82) is 5.41 Å². The van der Waals surface area contributed by atoms with Crippen LogP contribution in [0, 0.1) is 16.6 Å². The average molecular weight is 634 g/mol. The number of likely N-dealkylation sites (tertiary alicyclic amines) is 1. The van der Waals surface area contributed by atoms with Crippen molar-refractivity contribution in [3.63, 3.8) is 0 Å². The second-order valence-electron chi connectivity index (χ2n) is 12.6. The number of nitrogens with two attached hydrogens (primary N) is 1. The average Bonchev–Trinajstić information content (AvgIpc) is 3.80. The molecule has 12 heteroatoms. The molecule has 2 aromatic heterocycles. The van der Waals surface area contributed by atoms with Crippen molar-refractivity contribution in [2.75, 3.05) is 49.9 Å². The summed E-state index contributed by atoms with van der Waals surface area (Å²) < 4.78 is 16.1. The number of hydrogen-bond acceptors (Lipinski definition) is 8. The number of hydrogen-bond donors (Lipinski definition) is 2. The third-order valence-corrected chi connectivity index (χ3v) is 9.64. The van der Waals surface area contributed by atoms with Gasteiger partial charge in [-0.3, -0.25) is 29.6 Å². The molecule has 0 saturated carbocycles. The molecule has 1 atom stereocenters. The number of benzene rings is 2. The van der Waals surface area contributed by atoms with Gasteiger partial charge >= 0.3 is 0 Å². The van der Waals surface area contributed by atoms with Gasteiger partial charge in [-0.05, 0) is 61.2 Å². The maximum Gasteiger partial charge on any atom is 0.237 e. The Morgan fingerprint density at radius 1 is 1.04 bits per heavy atom. The number of aromatic nitrogens is 4. The van der Waals surface area contributed by atoms with Crippen LogP contribution in [0.3, 0.4) is 0 Å². The van der Waals surface area contributed by atoms with Crippen LogP contribution >= 0.6 is 0 Å². The van der Waals surface area contributed by atoms with Gasteiger partial charge in [0.2, 0.25) is 11.8 Å². The largest absolute Gasteiger partial charge is 0.398 e. The first kappa shape index (κ1) is 30.4. The summed E-state index contributed by atoms with van der Waals surface area (Å²) in [6, 6.07) is 14.8. The van der Waals surface area contributed by atoms with Gasteiger partial charge < -0.3 is 15.5 Å². The van der Waals surface area contributed by atoms with Crippen molar-refractivity contribution >= 4 is 34.5 Å². The van der Waals surface area contributed by atoms with Gasteiger partial charge in [0.1, 0.15) is 6.33 Å². The maximum atomic E-state index is 14.4. The Bertz CT molecular complexity index is 1900. The molecular formula is C35H36FN9O2. The number of rotatable bonds is 7. The van der Waals surface area contributed by atoms with Gasteiger partial charge in [0.25, 0.3) is 0 Å². The van der Waals surface area contributed by atoms with Crippen LogP contribution < -0.4 is 10.6 Å². The van der Waals surface area contributed by atoms with Gasteiger partial charge in [-0.25, -0.2) is 9.37 Å². The molecular weight excluding hydrogens is 597 g/mol. The minimum absolute atomic E-state index is 0.0141. The van der Waals surface area contributed by atoms with E-state index in [0.29, 0.717) is 68.3 Å². The smallest absolute Gasteiger partial charge is 0.237 e. The van der Waals surface area contributed by atoms with Crippen molar-refractivity contribution in [2.24, 2.45) is 12.5 Å². The molecule has 1 spiro atoms. The Kier molecular flexibility index (Phi) is 7.88. The molecule has 0 unspecified atom stereocenters. The first-order valence-electron chi connectivity index (χ1n) is 15.8. The zero-order valence-corrected chi connectivity index (χ0v) is 26.2. The first-order chi connectivity index (χ1) is 22.7. The number of pyridine rings is 1. The molecule has 0 radical (unpaired) electrons. The highest BCUT2D eigenvalue weighted by Gasteiger charge is 2.51. The molecule has 240 valence electrons. The van der Waals surface area contributed by atoms with Gasteiger partial charge in [0.15, 0.2) is 11.6 Å². The highest BCUT2D eigenvalue weighted by atomic mass is 19.1. The highest BCUT2D eigenvalue weighted by molar-refractivity contribution is 6.15. The molecule has 5 heterocycles. The molecule has 11 nitrogen and oxygen atoms in total. The second-order valence-corrected chi connectivity index (χ2v) is 12.6. The van der Waals surface area contributed by atoms with E-state index in [1.807, 2.05) is 24.1 Å². The number of nitrogens with zero attached hydrogens (tertiary/aromatic N) is 7. The number of aryl methyl sites for hydroxylation is 1. The number of nitrogen functional groups attached to an aromatic ring is 1. The van der Waals surface area contributed by atoms with Crippen LogP contribution in [0.4, 0.5) is 15.8 Å². The Morgan fingerprint density at radius 2 is 1.83 bits per heavy atom. The quantitative estimate of drug-likeness (QED) is 0.234. The summed E-state index contributed by atoms with van der Waals surface area (Å²) in [5, 5.41) is 13.0. The fourth-order valence-electron chi connectivity index (χ4n) is 6.94. The number of amides is 2. The van der Waals surface area contributed by atoms with Crippen molar-refractivity contribution in [3.8, 4) is 11.4 Å². The monoisotopic (exact) mass is 633 g/mol. The standard InChI is InChI=1S/C35H36FN9O2/c1-42-22-40-33(41-42)25-4-2-23(3-5-25)24-9-14-44(15-10-24)31(46)20-43-16-11-35(21-43)12-17-45(34(35)47)26-6-7-30(37)28(18-26)32(38)27-8-13-39-19-29(27)36/h2-9,13,18-19,22,38H,10-12,14-17,20-21,37H2,1H3/t35-/m0/s1. The van der Waals surface area contributed by atoms with Crippen molar-refractivity contribution < 1.29 is 14.0 Å². The maximum absolute atomic E-state index is 14.4. The highest BCUT2D eigenvalue weighted by Crippen LogP contribution is 2.43. The van der Waals surface area contributed by atoms with E-state index in [9.17, 15) is 14.0 Å². The Labute approximate surface area is 272 Å². The second kappa shape index (κ2) is 12.2. The first-order valence-corrected chi connectivity index (χ1v) is 15.8. The lowest BCUT2D eigenvalue weighted by Crippen LogP contribution is -2.43. The zero-order valence-electron chi connectivity index (χ0n) is 26.2. The van der Waals surface area contributed by atoms with E-state index in [1.54, 1.807) is 34.1 Å². The van der Waals surface area contributed by atoms with Crippen molar-refractivity contribution in [3.05, 3.63) is 95.8 Å². The fraction of sp³-hybridized carbons (Fsp3) is 0.314. The number of carbonyl (C=O) groups is 2. The number of nitrogens with one attached hydrogen (secondary N) is 1. The minimum Gasteiger partial charge on any atom is -0.398 e. The Morgan fingerprint density at radius 3 is 2.55 bits per heavy atom. The fourth-order valence-corrected chi connectivity index (χ4v) is 6.94. The zero-order chi connectivity index (χ0) is 32.7. The molecule has 3 aliphatic rings. The predicted octanol–water partition coefficient (Wildman–Crippen LogP) is 3.76. The summed E-state index contributed by atoms with van der Waals surface area (Å²) >= 11 is 0. The summed E-state index contributed by atoms with van der Waals surface area (Å²) in [5.41, 5.74) is 10.3. The Balaban J connectivity index is 0.963. The third-order valence-electron chi connectivity index (χ3n) is 9.64. The molecule has 2 aromatic carbocycles. The van der Waals surface area contributed by atoms with Crippen LogP contribution in [-0.4, -0.2) is 86.3 Å². The lowest BCUT2D eigenvalue weighted by atomic mass is 9.85. The minimum atomic E-state index is -0.607. The van der Waals surface area contributed by atoms with E-state index in [2.05, 4.69) is 38.2 Å². The number of halogens is 1. The van der Waals surface area contributed by atoms with Gasteiger partial charge in [0, 0.05) is 67.5 Å². The van der Waals surface area contributed by atoms with Crippen LogP contribution in [0.5, 0.6) is 0 Å². The summed E-state index contributed by atoms with van der Waals surface area (Å²) in [6.07, 6.45) is 8.45. The van der Waals surface area contributed by atoms with E-state index in [-0.39, 0.29) is 29.6 Å². The van der Waals surface area contributed by atoms with Gasteiger partial charge in [0.05, 0.1) is 23.9 Å². The summed E-state index contributed by atoms with van der Waals surface area (Å²) in [7, 11) is 1.85. The van der Waals surface area contributed by atoms with Gasteiger partial charge in [-0.2, -0.15) is 5.10 Å². The van der Waals surface area contributed by atoms with Crippen LogP contribution in [0.2, 0.25) is 0 Å². The normalized spacial score (nSPS) is 19.9. The molecule has 47 heavy (non-hydrogen) atoms. The van der Waals surface area contributed by atoms with E-state index < -0.39 is 11.2 Å². The molecule has 4 aromatic rings. The summed E-state index contributed by atoms with van der Waals surface area (Å²) in [4.78, 5) is 41.0. The third kappa shape index (κ3) is 5.80. The molecule has 2 saturated heterocycles. The lowest BCUT2D eigenvalue weighted by Gasteiger charge is -2.29. The summed E-state index contributed by atoms with van der Waals surface area (Å²) in [5.74, 6) is 0.172. The Hall–Kier alpha value is -5.23. The van der Waals surface area contributed by atoms with Gasteiger partial charge in [-0.1, -0.05) is 30.3 Å². The summed E-state index contributed by atoms with van der Waals surface area (Å²) in [6.45, 7) is 3.22. The number of anilines is 2. The van der Waals surface area contributed by atoms with Crippen molar-refractivity contribution in [1.82, 2.24) is 29.5 Å². The van der Waals surface area contributed by atoms with Crippen LogP contribution in [0.25, 0.3) is 17.0 Å². The van der Waals surface area contributed by atoms with Crippen LogP contribution in [0.15, 0.2) is 73.3 Å². The van der Waals surface area contributed by atoms with E-state index >= 15 is 0 Å².